The molecule has 20 heavy (non-hydrogen) atoms. The monoisotopic (exact) mass is 267 g/mol. The van der Waals surface area contributed by atoms with E-state index in [9.17, 15) is 0 Å². The summed E-state index contributed by atoms with van der Waals surface area (Å²) in [7, 11) is 1.99. The molecule has 1 aromatic carbocycles. The van der Waals surface area contributed by atoms with Crippen molar-refractivity contribution in [2.45, 2.75) is 32.1 Å². The zero-order valence-electron chi connectivity index (χ0n) is 12.4. The molecule has 2 aromatic rings. The van der Waals surface area contributed by atoms with Crippen molar-refractivity contribution < 1.29 is 0 Å². The summed E-state index contributed by atoms with van der Waals surface area (Å²) < 4.78 is 0. The van der Waals surface area contributed by atoms with E-state index in [1.165, 1.54) is 29.5 Å². The molecule has 0 atom stereocenters. The van der Waals surface area contributed by atoms with Crippen molar-refractivity contribution in [1.29, 1.82) is 0 Å². The first-order chi connectivity index (χ1) is 9.64. The van der Waals surface area contributed by atoms with E-state index in [2.05, 4.69) is 42.3 Å². The number of nitrogens with zero attached hydrogens (tertiary/aromatic N) is 2. The highest BCUT2D eigenvalue weighted by atomic mass is 15.0. The Morgan fingerprint density at radius 1 is 1.15 bits per heavy atom. The predicted molar refractivity (Wildman–Crippen MR) is 81.8 cm³/mol. The molecule has 1 aromatic heterocycles. The molecular formula is C17H21N3. The molecule has 3 heteroatoms. The van der Waals surface area contributed by atoms with Crippen molar-refractivity contribution in [2.75, 3.05) is 13.6 Å². The molecule has 1 fully saturated rings. The SMILES string of the molecule is CNCC1(c2nccc(-c3ccc(C)c(C)c3)n2)CC1. The minimum atomic E-state index is 0.171. The van der Waals surface area contributed by atoms with Gasteiger partial charge in [-0.25, -0.2) is 9.97 Å². The molecule has 0 aliphatic heterocycles. The molecule has 3 rings (SSSR count). The Bertz CT molecular complexity index is 630. The van der Waals surface area contributed by atoms with Crippen LogP contribution in [0, 0.1) is 13.8 Å². The summed E-state index contributed by atoms with van der Waals surface area (Å²) in [4.78, 5) is 9.32. The second-order valence-corrected chi connectivity index (χ2v) is 5.88. The normalized spacial score (nSPS) is 16.1. The highest BCUT2D eigenvalue weighted by Gasteiger charge is 2.46. The second kappa shape index (κ2) is 4.98. The van der Waals surface area contributed by atoms with Gasteiger partial charge in [0, 0.05) is 23.7 Å². The van der Waals surface area contributed by atoms with Crippen LogP contribution in [0.2, 0.25) is 0 Å². The number of rotatable bonds is 4. The van der Waals surface area contributed by atoms with Crippen LogP contribution in [-0.4, -0.2) is 23.6 Å². The first-order valence-electron chi connectivity index (χ1n) is 7.20. The molecule has 104 valence electrons. The zero-order valence-corrected chi connectivity index (χ0v) is 12.4. The Kier molecular flexibility index (Phi) is 3.30. The average molecular weight is 267 g/mol. The molecule has 0 radical (unpaired) electrons. The number of aryl methyl sites for hydroxylation is 2. The standard InChI is InChI=1S/C17H21N3/c1-12-4-5-14(10-13(12)2)15-6-9-19-16(20-15)17(7-8-17)11-18-3/h4-6,9-10,18H,7-8,11H2,1-3H3. The average Bonchev–Trinajstić information content (AvgIpc) is 3.23. The summed E-state index contributed by atoms with van der Waals surface area (Å²) in [5.41, 5.74) is 5.00. The fourth-order valence-electron chi connectivity index (χ4n) is 2.64. The van der Waals surface area contributed by atoms with Crippen LogP contribution >= 0.6 is 0 Å². The van der Waals surface area contributed by atoms with Crippen molar-refractivity contribution >= 4 is 0 Å². The largest absolute Gasteiger partial charge is 0.319 e. The summed E-state index contributed by atoms with van der Waals surface area (Å²) in [6.07, 6.45) is 4.26. The van der Waals surface area contributed by atoms with Gasteiger partial charge in [-0.15, -0.1) is 0 Å². The molecule has 0 saturated heterocycles. The molecule has 1 N–H and O–H groups in total. The fraction of sp³-hybridized carbons (Fsp3) is 0.412. The van der Waals surface area contributed by atoms with Gasteiger partial charge in [0.05, 0.1) is 5.69 Å². The van der Waals surface area contributed by atoms with Crippen LogP contribution in [0.3, 0.4) is 0 Å². The van der Waals surface area contributed by atoms with Crippen LogP contribution < -0.4 is 5.32 Å². The lowest BCUT2D eigenvalue weighted by molar-refractivity contribution is 0.588. The lowest BCUT2D eigenvalue weighted by Crippen LogP contribution is -2.25. The first kappa shape index (κ1) is 13.3. The van der Waals surface area contributed by atoms with Gasteiger partial charge in [0.15, 0.2) is 0 Å². The number of hydrogen-bond donors (Lipinski definition) is 1. The molecular weight excluding hydrogens is 246 g/mol. The second-order valence-electron chi connectivity index (χ2n) is 5.88. The molecule has 0 unspecified atom stereocenters. The molecule has 1 heterocycles. The van der Waals surface area contributed by atoms with Gasteiger partial charge in [0.25, 0.3) is 0 Å². The molecule has 0 spiro atoms. The van der Waals surface area contributed by atoms with Gasteiger partial charge in [-0.1, -0.05) is 12.1 Å². The van der Waals surface area contributed by atoms with Crippen molar-refractivity contribution in [3.05, 3.63) is 47.4 Å². The third-order valence-corrected chi connectivity index (χ3v) is 4.30. The maximum absolute atomic E-state index is 4.82. The Morgan fingerprint density at radius 2 is 1.95 bits per heavy atom. The quantitative estimate of drug-likeness (QED) is 0.925. The van der Waals surface area contributed by atoms with Gasteiger partial charge in [-0.3, -0.25) is 0 Å². The lowest BCUT2D eigenvalue weighted by atomic mass is 10.0. The molecule has 1 saturated carbocycles. The summed E-state index contributed by atoms with van der Waals surface area (Å²) in [6.45, 7) is 5.24. The topological polar surface area (TPSA) is 37.8 Å². The Balaban J connectivity index is 1.97. The van der Waals surface area contributed by atoms with Gasteiger partial charge >= 0.3 is 0 Å². The van der Waals surface area contributed by atoms with Crippen molar-refractivity contribution in [1.82, 2.24) is 15.3 Å². The maximum atomic E-state index is 4.82. The minimum Gasteiger partial charge on any atom is -0.319 e. The third-order valence-electron chi connectivity index (χ3n) is 4.30. The molecule has 0 amide bonds. The number of nitrogens with one attached hydrogen (secondary N) is 1. The van der Waals surface area contributed by atoms with Crippen LogP contribution in [-0.2, 0) is 5.41 Å². The van der Waals surface area contributed by atoms with Gasteiger partial charge in [-0.2, -0.15) is 0 Å². The number of benzene rings is 1. The number of likely N-dealkylation sites (N-methyl/N-ethyl adjacent to an activating group) is 1. The predicted octanol–water partition coefficient (Wildman–Crippen LogP) is 3.01. The van der Waals surface area contributed by atoms with E-state index >= 15 is 0 Å². The van der Waals surface area contributed by atoms with Crippen LogP contribution in [0.25, 0.3) is 11.3 Å². The van der Waals surface area contributed by atoms with E-state index in [4.69, 9.17) is 4.98 Å². The highest BCUT2D eigenvalue weighted by Crippen LogP contribution is 2.46. The summed E-state index contributed by atoms with van der Waals surface area (Å²) >= 11 is 0. The Labute approximate surface area is 120 Å². The van der Waals surface area contributed by atoms with Gasteiger partial charge in [-0.05, 0) is 57.0 Å². The van der Waals surface area contributed by atoms with E-state index in [-0.39, 0.29) is 5.41 Å². The van der Waals surface area contributed by atoms with Crippen LogP contribution in [0.1, 0.15) is 29.8 Å². The zero-order chi connectivity index (χ0) is 14.2. The smallest absolute Gasteiger partial charge is 0.136 e. The molecule has 3 nitrogen and oxygen atoms in total. The van der Waals surface area contributed by atoms with E-state index in [1.54, 1.807) is 0 Å². The highest BCUT2D eigenvalue weighted by molar-refractivity contribution is 5.60. The first-order valence-corrected chi connectivity index (χ1v) is 7.20. The Hall–Kier alpha value is -1.74. The van der Waals surface area contributed by atoms with Crippen molar-refractivity contribution in [3.63, 3.8) is 0 Å². The van der Waals surface area contributed by atoms with E-state index in [0.29, 0.717) is 0 Å². The summed E-state index contributed by atoms with van der Waals surface area (Å²) in [5, 5.41) is 3.26. The molecule has 0 bridgehead atoms. The van der Waals surface area contributed by atoms with Gasteiger partial charge < -0.3 is 5.32 Å². The number of aromatic nitrogens is 2. The van der Waals surface area contributed by atoms with E-state index < -0.39 is 0 Å². The summed E-state index contributed by atoms with van der Waals surface area (Å²) in [5.74, 6) is 0.988. The lowest BCUT2D eigenvalue weighted by Gasteiger charge is -2.14. The van der Waals surface area contributed by atoms with Gasteiger partial charge in [0.1, 0.15) is 5.82 Å². The Morgan fingerprint density at radius 3 is 2.60 bits per heavy atom. The van der Waals surface area contributed by atoms with Crippen molar-refractivity contribution in [3.8, 4) is 11.3 Å². The third kappa shape index (κ3) is 2.34. The van der Waals surface area contributed by atoms with Crippen LogP contribution in [0.4, 0.5) is 0 Å². The van der Waals surface area contributed by atoms with E-state index in [0.717, 1.165) is 18.1 Å². The summed E-state index contributed by atoms with van der Waals surface area (Å²) in [6, 6.07) is 8.52. The van der Waals surface area contributed by atoms with Crippen molar-refractivity contribution in [2.24, 2.45) is 0 Å². The maximum Gasteiger partial charge on any atom is 0.136 e. The minimum absolute atomic E-state index is 0.171. The van der Waals surface area contributed by atoms with Crippen LogP contribution in [0.15, 0.2) is 30.5 Å². The molecule has 1 aliphatic carbocycles. The molecule has 1 aliphatic rings. The van der Waals surface area contributed by atoms with Crippen LogP contribution in [0.5, 0.6) is 0 Å². The number of hydrogen-bond acceptors (Lipinski definition) is 3. The fourth-order valence-corrected chi connectivity index (χ4v) is 2.64. The van der Waals surface area contributed by atoms with E-state index in [1.807, 2.05) is 19.3 Å². The van der Waals surface area contributed by atoms with Gasteiger partial charge in [0.2, 0.25) is 0 Å².